The first-order chi connectivity index (χ1) is 12.5. The van der Waals surface area contributed by atoms with Gasteiger partial charge in [0.15, 0.2) is 6.61 Å². The zero-order valence-electron chi connectivity index (χ0n) is 14.5. The highest BCUT2D eigenvalue weighted by Gasteiger charge is 2.12. The average Bonchev–Trinajstić information content (AvgIpc) is 3.18. The molecule has 3 rings (SSSR count). The predicted octanol–water partition coefficient (Wildman–Crippen LogP) is 2.68. The number of hydrogen-bond acceptors (Lipinski definition) is 5. The van der Waals surface area contributed by atoms with Crippen LogP contribution in [-0.4, -0.2) is 33.2 Å². The van der Waals surface area contributed by atoms with E-state index in [2.05, 4.69) is 15.4 Å². The van der Waals surface area contributed by atoms with Gasteiger partial charge in [0.05, 0.1) is 11.3 Å². The van der Waals surface area contributed by atoms with Gasteiger partial charge in [0.25, 0.3) is 5.91 Å². The van der Waals surface area contributed by atoms with Crippen LogP contribution in [0.3, 0.4) is 0 Å². The molecule has 7 nitrogen and oxygen atoms in total. The van der Waals surface area contributed by atoms with Gasteiger partial charge in [-0.15, -0.1) is 0 Å². The van der Waals surface area contributed by atoms with Gasteiger partial charge in [-0.05, 0) is 49.2 Å². The monoisotopic (exact) mass is 350 g/mol. The van der Waals surface area contributed by atoms with Gasteiger partial charge < -0.3 is 10.1 Å². The van der Waals surface area contributed by atoms with E-state index in [4.69, 9.17) is 4.74 Å². The number of aryl methyl sites for hydroxylation is 2. The predicted molar refractivity (Wildman–Crippen MR) is 96.2 cm³/mol. The van der Waals surface area contributed by atoms with Gasteiger partial charge in [0, 0.05) is 5.69 Å². The maximum atomic E-state index is 12.1. The van der Waals surface area contributed by atoms with Crippen molar-refractivity contribution in [3.05, 3.63) is 71.8 Å². The maximum Gasteiger partial charge on any atom is 0.338 e. The largest absolute Gasteiger partial charge is 0.452 e. The number of nitrogens with one attached hydrogen (secondary N) is 1. The van der Waals surface area contributed by atoms with Crippen molar-refractivity contribution in [3.63, 3.8) is 0 Å². The summed E-state index contributed by atoms with van der Waals surface area (Å²) < 4.78 is 6.66. The Morgan fingerprint density at radius 2 is 1.77 bits per heavy atom. The maximum absolute atomic E-state index is 12.1. The molecule has 7 heteroatoms. The molecule has 0 aliphatic carbocycles. The second-order valence-corrected chi connectivity index (χ2v) is 5.78. The minimum absolute atomic E-state index is 0.350. The van der Waals surface area contributed by atoms with E-state index in [1.54, 1.807) is 35.3 Å². The Labute approximate surface area is 150 Å². The number of nitrogens with zero attached hydrogens (tertiary/aromatic N) is 3. The molecule has 1 heterocycles. The molecule has 0 saturated carbocycles. The standard InChI is InChI=1S/C19H18N4O3/c1-13-4-3-5-14(2)18(13)22-17(24)10-26-19(25)15-6-8-16(9-7-15)23-12-20-11-21-23/h3-9,11-12H,10H2,1-2H3,(H,22,24). The van der Waals surface area contributed by atoms with Crippen molar-refractivity contribution >= 4 is 17.6 Å². The molecule has 0 unspecified atom stereocenters. The molecule has 0 bridgehead atoms. The number of benzene rings is 2. The van der Waals surface area contributed by atoms with E-state index in [1.165, 1.54) is 6.33 Å². The van der Waals surface area contributed by atoms with E-state index in [0.717, 1.165) is 22.5 Å². The third-order valence-electron chi connectivity index (χ3n) is 3.87. The van der Waals surface area contributed by atoms with E-state index >= 15 is 0 Å². The van der Waals surface area contributed by atoms with Crippen LogP contribution in [0, 0.1) is 13.8 Å². The number of amides is 1. The Morgan fingerprint density at radius 1 is 1.08 bits per heavy atom. The first-order valence-corrected chi connectivity index (χ1v) is 8.03. The van der Waals surface area contributed by atoms with Gasteiger partial charge >= 0.3 is 5.97 Å². The number of aromatic nitrogens is 3. The third kappa shape index (κ3) is 3.94. The van der Waals surface area contributed by atoms with Crippen LogP contribution in [0.15, 0.2) is 55.1 Å². The number of ether oxygens (including phenoxy) is 1. The Kier molecular flexibility index (Phi) is 5.07. The van der Waals surface area contributed by atoms with Crippen molar-refractivity contribution in [2.75, 3.05) is 11.9 Å². The van der Waals surface area contributed by atoms with Crippen molar-refractivity contribution in [2.45, 2.75) is 13.8 Å². The zero-order valence-corrected chi connectivity index (χ0v) is 14.5. The fourth-order valence-corrected chi connectivity index (χ4v) is 2.49. The molecule has 132 valence electrons. The van der Waals surface area contributed by atoms with E-state index < -0.39 is 5.97 Å². The normalized spacial score (nSPS) is 10.4. The van der Waals surface area contributed by atoms with Crippen LogP contribution in [0.1, 0.15) is 21.5 Å². The summed E-state index contributed by atoms with van der Waals surface area (Å²) in [6, 6.07) is 12.4. The first-order valence-electron chi connectivity index (χ1n) is 8.03. The molecule has 0 saturated heterocycles. The van der Waals surface area contributed by atoms with Crippen molar-refractivity contribution in [2.24, 2.45) is 0 Å². The molecule has 0 fully saturated rings. The Bertz CT molecular complexity index is 898. The molecule has 0 aliphatic heterocycles. The van der Waals surface area contributed by atoms with Crippen molar-refractivity contribution in [1.29, 1.82) is 0 Å². The molecule has 26 heavy (non-hydrogen) atoms. The summed E-state index contributed by atoms with van der Waals surface area (Å²) in [6.45, 7) is 3.47. The number of hydrogen-bond donors (Lipinski definition) is 1. The van der Waals surface area contributed by atoms with Crippen LogP contribution in [0.4, 0.5) is 5.69 Å². The third-order valence-corrected chi connectivity index (χ3v) is 3.87. The van der Waals surface area contributed by atoms with Crippen LogP contribution in [0.2, 0.25) is 0 Å². The van der Waals surface area contributed by atoms with Gasteiger partial charge in [-0.3, -0.25) is 4.79 Å². The van der Waals surface area contributed by atoms with Crippen molar-refractivity contribution in [1.82, 2.24) is 14.8 Å². The van der Waals surface area contributed by atoms with Crippen LogP contribution in [0.25, 0.3) is 5.69 Å². The summed E-state index contributed by atoms with van der Waals surface area (Å²) in [5, 5.41) is 6.79. The van der Waals surface area contributed by atoms with Crippen LogP contribution in [-0.2, 0) is 9.53 Å². The quantitative estimate of drug-likeness (QED) is 0.715. The Morgan fingerprint density at radius 3 is 2.38 bits per heavy atom. The number of carbonyl (C=O) groups is 2. The van der Waals surface area contributed by atoms with Gasteiger partial charge in [-0.25, -0.2) is 14.5 Å². The zero-order chi connectivity index (χ0) is 18.5. The topological polar surface area (TPSA) is 86.1 Å². The number of para-hydroxylation sites is 1. The molecular weight excluding hydrogens is 332 g/mol. The lowest BCUT2D eigenvalue weighted by molar-refractivity contribution is -0.119. The number of rotatable bonds is 5. The molecule has 0 spiro atoms. The second-order valence-electron chi connectivity index (χ2n) is 5.78. The lowest BCUT2D eigenvalue weighted by atomic mass is 10.1. The van der Waals surface area contributed by atoms with Crippen molar-refractivity contribution < 1.29 is 14.3 Å². The van der Waals surface area contributed by atoms with Crippen LogP contribution < -0.4 is 5.32 Å². The molecule has 0 aliphatic rings. The number of anilines is 1. The molecule has 2 aromatic carbocycles. The summed E-state index contributed by atoms with van der Waals surface area (Å²) in [5.74, 6) is -0.943. The first kappa shape index (κ1) is 17.3. The Balaban J connectivity index is 1.57. The highest BCUT2D eigenvalue weighted by atomic mass is 16.5. The Hall–Kier alpha value is -3.48. The molecular formula is C19H18N4O3. The van der Waals surface area contributed by atoms with Gasteiger partial charge in [-0.1, -0.05) is 18.2 Å². The van der Waals surface area contributed by atoms with E-state index in [1.807, 2.05) is 32.0 Å². The highest BCUT2D eigenvalue weighted by molar-refractivity contribution is 5.96. The molecule has 3 aromatic rings. The van der Waals surface area contributed by atoms with E-state index in [0.29, 0.717) is 5.56 Å². The summed E-state index contributed by atoms with van der Waals surface area (Å²) in [4.78, 5) is 28.0. The number of esters is 1. The number of carbonyl (C=O) groups excluding carboxylic acids is 2. The summed E-state index contributed by atoms with van der Waals surface area (Å²) in [7, 11) is 0. The van der Waals surface area contributed by atoms with Gasteiger partial charge in [0.2, 0.25) is 0 Å². The molecule has 0 radical (unpaired) electrons. The van der Waals surface area contributed by atoms with E-state index in [9.17, 15) is 9.59 Å². The van der Waals surface area contributed by atoms with Gasteiger partial charge in [0.1, 0.15) is 12.7 Å². The van der Waals surface area contributed by atoms with Crippen LogP contribution >= 0.6 is 0 Å². The van der Waals surface area contributed by atoms with Gasteiger partial charge in [-0.2, -0.15) is 5.10 Å². The summed E-state index contributed by atoms with van der Waals surface area (Å²) >= 11 is 0. The fourth-order valence-electron chi connectivity index (χ4n) is 2.49. The SMILES string of the molecule is Cc1cccc(C)c1NC(=O)COC(=O)c1ccc(-n2cncn2)cc1. The minimum atomic E-state index is -0.563. The summed E-state index contributed by atoms with van der Waals surface area (Å²) in [6.07, 6.45) is 2.99. The second kappa shape index (κ2) is 7.60. The van der Waals surface area contributed by atoms with Crippen molar-refractivity contribution in [3.8, 4) is 5.69 Å². The lowest BCUT2D eigenvalue weighted by Gasteiger charge is -2.11. The molecule has 1 aromatic heterocycles. The van der Waals surface area contributed by atoms with E-state index in [-0.39, 0.29) is 12.5 Å². The smallest absolute Gasteiger partial charge is 0.338 e. The lowest BCUT2D eigenvalue weighted by Crippen LogP contribution is -2.21. The fraction of sp³-hybridized carbons (Fsp3) is 0.158. The average molecular weight is 350 g/mol. The minimum Gasteiger partial charge on any atom is -0.452 e. The summed E-state index contributed by atoms with van der Waals surface area (Å²) in [5.41, 5.74) is 3.77. The van der Waals surface area contributed by atoms with Crippen LogP contribution in [0.5, 0.6) is 0 Å². The highest BCUT2D eigenvalue weighted by Crippen LogP contribution is 2.19. The molecule has 0 atom stereocenters. The molecule has 1 amide bonds. The molecule has 1 N–H and O–H groups in total.